The molecule has 0 radical (unpaired) electrons. The maximum absolute atomic E-state index is 3.97. The Labute approximate surface area is 86.4 Å². The molecule has 0 fully saturated rings. The van der Waals surface area contributed by atoms with Crippen molar-refractivity contribution in [2.24, 2.45) is 4.99 Å². The predicted molar refractivity (Wildman–Crippen MR) is 64.4 cm³/mol. The third-order valence-electron chi connectivity index (χ3n) is 1.54. The standard InChI is InChI=1S/C12H18N2/c1-5-6-7-8-9-10-11(2)14-12(3)13-4/h5-7,9-10H,1-2,8H2,3-4H3,(H,13,14)/b7-6?,10-9-. The van der Waals surface area contributed by atoms with E-state index < -0.39 is 0 Å². The van der Waals surface area contributed by atoms with E-state index in [9.17, 15) is 0 Å². The van der Waals surface area contributed by atoms with Crippen molar-refractivity contribution in [1.29, 1.82) is 0 Å². The summed E-state index contributed by atoms with van der Waals surface area (Å²) in [6.07, 6.45) is 10.5. The van der Waals surface area contributed by atoms with Gasteiger partial charge >= 0.3 is 0 Å². The molecule has 0 aliphatic heterocycles. The molecule has 0 saturated carbocycles. The Morgan fingerprint density at radius 2 is 2.14 bits per heavy atom. The molecule has 0 spiro atoms. The number of amidine groups is 1. The Kier molecular flexibility index (Phi) is 7.15. The van der Waals surface area contributed by atoms with Crippen LogP contribution in [0.15, 0.2) is 54.2 Å². The molecule has 0 rings (SSSR count). The molecular formula is C12H18N2. The van der Waals surface area contributed by atoms with Gasteiger partial charge in [0, 0.05) is 12.7 Å². The number of rotatable bonds is 5. The van der Waals surface area contributed by atoms with Gasteiger partial charge in [0.15, 0.2) is 0 Å². The van der Waals surface area contributed by atoms with E-state index in [4.69, 9.17) is 0 Å². The molecule has 14 heavy (non-hydrogen) atoms. The topological polar surface area (TPSA) is 24.4 Å². The highest BCUT2D eigenvalue weighted by atomic mass is 15.0. The first kappa shape index (κ1) is 12.4. The first-order chi connectivity index (χ1) is 6.70. The van der Waals surface area contributed by atoms with Crippen molar-refractivity contribution in [2.75, 3.05) is 7.05 Å². The third kappa shape index (κ3) is 7.10. The van der Waals surface area contributed by atoms with Gasteiger partial charge in [0.1, 0.15) is 0 Å². The van der Waals surface area contributed by atoms with Crippen LogP contribution in [-0.2, 0) is 0 Å². The van der Waals surface area contributed by atoms with Crippen LogP contribution in [0.4, 0.5) is 0 Å². The number of nitrogens with one attached hydrogen (secondary N) is 1. The quantitative estimate of drug-likeness (QED) is 0.402. The maximum atomic E-state index is 3.97. The summed E-state index contributed by atoms with van der Waals surface area (Å²) < 4.78 is 0. The molecule has 2 heteroatoms. The van der Waals surface area contributed by atoms with Crippen molar-refractivity contribution < 1.29 is 0 Å². The summed E-state index contributed by atoms with van der Waals surface area (Å²) in [4.78, 5) is 3.97. The highest BCUT2D eigenvalue weighted by Gasteiger charge is 1.87. The maximum Gasteiger partial charge on any atom is 0.0971 e. The molecule has 1 N–H and O–H groups in total. The molecule has 0 saturated heterocycles. The van der Waals surface area contributed by atoms with Gasteiger partial charge in [-0.15, -0.1) is 0 Å². The van der Waals surface area contributed by atoms with Crippen molar-refractivity contribution in [3.05, 3.63) is 49.2 Å². The molecule has 0 unspecified atom stereocenters. The van der Waals surface area contributed by atoms with Crippen molar-refractivity contribution in [2.45, 2.75) is 13.3 Å². The minimum Gasteiger partial charge on any atom is -0.345 e. The first-order valence-corrected chi connectivity index (χ1v) is 4.54. The molecule has 2 nitrogen and oxygen atoms in total. The molecule has 0 aromatic heterocycles. The summed E-state index contributed by atoms with van der Waals surface area (Å²) in [5, 5.41) is 3.04. The van der Waals surface area contributed by atoms with Crippen LogP contribution < -0.4 is 5.32 Å². The number of hydrogen-bond acceptors (Lipinski definition) is 1. The molecular weight excluding hydrogens is 172 g/mol. The summed E-state index contributed by atoms with van der Waals surface area (Å²) in [6, 6.07) is 0. The second-order valence-corrected chi connectivity index (χ2v) is 2.76. The largest absolute Gasteiger partial charge is 0.345 e. The van der Waals surface area contributed by atoms with Crippen LogP contribution >= 0.6 is 0 Å². The fourth-order valence-electron chi connectivity index (χ4n) is 0.794. The van der Waals surface area contributed by atoms with Gasteiger partial charge in [-0.2, -0.15) is 0 Å². The van der Waals surface area contributed by atoms with Crippen molar-refractivity contribution in [3.63, 3.8) is 0 Å². The second-order valence-electron chi connectivity index (χ2n) is 2.76. The highest BCUT2D eigenvalue weighted by Crippen LogP contribution is 1.92. The Hall–Kier alpha value is -1.57. The third-order valence-corrected chi connectivity index (χ3v) is 1.54. The summed E-state index contributed by atoms with van der Waals surface area (Å²) in [6.45, 7) is 9.32. The Balaban J connectivity index is 3.82. The fourth-order valence-corrected chi connectivity index (χ4v) is 0.794. The number of allylic oxidation sites excluding steroid dienone is 5. The van der Waals surface area contributed by atoms with Crippen LogP contribution in [0.1, 0.15) is 13.3 Å². The second kappa shape index (κ2) is 8.05. The summed E-state index contributed by atoms with van der Waals surface area (Å²) >= 11 is 0. The fraction of sp³-hybridized carbons (Fsp3) is 0.250. The van der Waals surface area contributed by atoms with E-state index in [0.29, 0.717) is 0 Å². The minimum absolute atomic E-state index is 0.847. The van der Waals surface area contributed by atoms with Gasteiger partial charge in [-0.3, -0.25) is 4.99 Å². The lowest BCUT2D eigenvalue weighted by atomic mass is 10.3. The van der Waals surface area contributed by atoms with Gasteiger partial charge in [-0.25, -0.2) is 0 Å². The zero-order valence-corrected chi connectivity index (χ0v) is 8.96. The number of aliphatic imine (C=N–C) groups is 1. The SMILES string of the molecule is C=CC=CC/C=C\C(=C)NC(C)=NC. The van der Waals surface area contributed by atoms with Crippen LogP contribution in [-0.4, -0.2) is 12.9 Å². The van der Waals surface area contributed by atoms with Crippen LogP contribution in [0, 0.1) is 0 Å². The number of hydrogen-bond donors (Lipinski definition) is 1. The summed E-state index contributed by atoms with van der Waals surface area (Å²) in [7, 11) is 1.74. The van der Waals surface area contributed by atoms with Crippen LogP contribution in [0.5, 0.6) is 0 Å². The average molecular weight is 190 g/mol. The van der Waals surface area contributed by atoms with E-state index in [1.807, 2.05) is 31.2 Å². The summed E-state index contributed by atoms with van der Waals surface area (Å²) in [5.41, 5.74) is 0.847. The Morgan fingerprint density at radius 3 is 2.71 bits per heavy atom. The van der Waals surface area contributed by atoms with Crippen LogP contribution in [0.25, 0.3) is 0 Å². The number of nitrogens with zero attached hydrogens (tertiary/aromatic N) is 1. The van der Waals surface area contributed by atoms with E-state index in [0.717, 1.165) is 18.0 Å². The highest BCUT2D eigenvalue weighted by molar-refractivity contribution is 5.81. The lowest BCUT2D eigenvalue weighted by Gasteiger charge is -2.02. The van der Waals surface area contributed by atoms with Gasteiger partial charge in [-0.05, 0) is 19.4 Å². The zero-order chi connectivity index (χ0) is 10.8. The van der Waals surface area contributed by atoms with E-state index in [2.05, 4.69) is 23.5 Å². The minimum atomic E-state index is 0.847. The lowest BCUT2D eigenvalue weighted by Crippen LogP contribution is -2.17. The van der Waals surface area contributed by atoms with Crippen molar-refractivity contribution in [3.8, 4) is 0 Å². The molecule has 0 heterocycles. The van der Waals surface area contributed by atoms with Gasteiger partial charge in [0.25, 0.3) is 0 Å². The molecule has 0 aromatic rings. The van der Waals surface area contributed by atoms with Crippen molar-refractivity contribution >= 4 is 5.84 Å². The van der Waals surface area contributed by atoms with E-state index in [-0.39, 0.29) is 0 Å². The molecule has 0 aliphatic rings. The van der Waals surface area contributed by atoms with Gasteiger partial charge < -0.3 is 5.32 Å². The van der Waals surface area contributed by atoms with Gasteiger partial charge in [-0.1, -0.05) is 37.5 Å². The van der Waals surface area contributed by atoms with E-state index in [1.165, 1.54) is 0 Å². The normalized spacial score (nSPS) is 12.3. The molecule has 0 amide bonds. The molecule has 76 valence electrons. The first-order valence-electron chi connectivity index (χ1n) is 4.54. The molecule has 0 bridgehead atoms. The zero-order valence-electron chi connectivity index (χ0n) is 8.96. The van der Waals surface area contributed by atoms with Crippen molar-refractivity contribution in [1.82, 2.24) is 5.32 Å². The molecule has 0 aliphatic carbocycles. The summed E-state index contributed by atoms with van der Waals surface area (Å²) in [5.74, 6) is 0.862. The van der Waals surface area contributed by atoms with Gasteiger partial charge in [0.05, 0.1) is 5.84 Å². The monoisotopic (exact) mass is 190 g/mol. The molecule has 0 aromatic carbocycles. The van der Waals surface area contributed by atoms with E-state index >= 15 is 0 Å². The van der Waals surface area contributed by atoms with Gasteiger partial charge in [0.2, 0.25) is 0 Å². The lowest BCUT2D eigenvalue weighted by molar-refractivity contribution is 1.15. The Morgan fingerprint density at radius 1 is 1.43 bits per heavy atom. The smallest absolute Gasteiger partial charge is 0.0971 e. The van der Waals surface area contributed by atoms with E-state index in [1.54, 1.807) is 13.1 Å². The predicted octanol–water partition coefficient (Wildman–Crippen LogP) is 2.83. The average Bonchev–Trinajstić information content (AvgIpc) is 2.17. The van der Waals surface area contributed by atoms with Crippen LogP contribution in [0.3, 0.4) is 0 Å². The Bertz CT molecular complexity index is 270. The van der Waals surface area contributed by atoms with Crippen LogP contribution in [0.2, 0.25) is 0 Å². The molecule has 0 atom stereocenters.